The van der Waals surface area contributed by atoms with E-state index in [1.807, 2.05) is 0 Å². The van der Waals surface area contributed by atoms with Crippen LogP contribution in [0.5, 0.6) is 0 Å². The normalized spacial score (nSPS) is 21.7. The van der Waals surface area contributed by atoms with Gasteiger partial charge in [-0.2, -0.15) is 0 Å². The molecule has 2 fully saturated rings. The van der Waals surface area contributed by atoms with Gasteiger partial charge in [0.2, 0.25) is 15.9 Å². The highest BCUT2D eigenvalue weighted by molar-refractivity contribution is 7.88. The van der Waals surface area contributed by atoms with Crippen LogP contribution in [-0.4, -0.2) is 57.1 Å². The highest BCUT2D eigenvalue weighted by atomic mass is 35.5. The fraction of sp³-hybridized carbons (Fsp3) is 0.938. The molecule has 24 heavy (non-hydrogen) atoms. The largest absolute Gasteiger partial charge is 0.355 e. The minimum Gasteiger partial charge on any atom is -0.355 e. The second-order valence-electron chi connectivity index (χ2n) is 6.87. The summed E-state index contributed by atoms with van der Waals surface area (Å²) >= 11 is 0. The van der Waals surface area contributed by atoms with E-state index in [1.54, 1.807) is 0 Å². The lowest BCUT2D eigenvalue weighted by Crippen LogP contribution is -2.44. The average molecular weight is 382 g/mol. The molecule has 0 aromatic rings. The second kappa shape index (κ2) is 10.6. The third-order valence-electron chi connectivity index (χ3n) is 5.01. The van der Waals surface area contributed by atoms with Crippen molar-refractivity contribution in [1.29, 1.82) is 0 Å². The van der Waals surface area contributed by atoms with Crippen LogP contribution in [0.2, 0.25) is 0 Å². The van der Waals surface area contributed by atoms with Gasteiger partial charge in [0.15, 0.2) is 0 Å². The van der Waals surface area contributed by atoms with E-state index in [0.717, 1.165) is 6.54 Å². The molecule has 2 rings (SSSR count). The molecule has 0 spiro atoms. The number of halogens is 1. The van der Waals surface area contributed by atoms with Gasteiger partial charge >= 0.3 is 0 Å². The van der Waals surface area contributed by atoms with E-state index < -0.39 is 10.0 Å². The van der Waals surface area contributed by atoms with Crippen molar-refractivity contribution in [3.05, 3.63) is 0 Å². The molecule has 0 bridgehead atoms. The topological polar surface area (TPSA) is 78.5 Å². The van der Waals surface area contributed by atoms with Crippen LogP contribution >= 0.6 is 12.4 Å². The van der Waals surface area contributed by atoms with Gasteiger partial charge in [0.25, 0.3) is 0 Å². The molecule has 0 radical (unpaired) electrons. The van der Waals surface area contributed by atoms with E-state index in [4.69, 9.17) is 0 Å². The summed E-state index contributed by atoms with van der Waals surface area (Å²) in [4.78, 5) is 12.2. The Kier molecular flexibility index (Phi) is 9.56. The zero-order valence-electron chi connectivity index (χ0n) is 14.6. The summed E-state index contributed by atoms with van der Waals surface area (Å²) in [5.74, 6) is 0.0201. The second-order valence-corrected chi connectivity index (χ2v) is 8.85. The molecule has 0 atom stereocenters. The average Bonchev–Trinajstić information content (AvgIpc) is 2.79. The molecule has 0 unspecified atom stereocenters. The Morgan fingerprint density at radius 1 is 1.00 bits per heavy atom. The van der Waals surface area contributed by atoms with E-state index >= 15 is 0 Å². The number of carbonyl (C=O) groups is 1. The maximum atomic E-state index is 12.2. The first-order chi connectivity index (χ1) is 11.0. The smallest absolute Gasteiger partial charge is 0.223 e. The van der Waals surface area contributed by atoms with Crippen molar-refractivity contribution in [2.45, 2.75) is 57.4 Å². The van der Waals surface area contributed by atoms with Crippen LogP contribution in [-0.2, 0) is 14.8 Å². The fourth-order valence-electron chi connectivity index (χ4n) is 3.54. The molecule has 2 aliphatic rings. The number of amides is 1. The van der Waals surface area contributed by atoms with Crippen LogP contribution in [0.3, 0.4) is 0 Å². The summed E-state index contributed by atoms with van der Waals surface area (Å²) in [6.45, 7) is 2.38. The van der Waals surface area contributed by atoms with Crippen LogP contribution in [0.1, 0.15) is 51.4 Å². The van der Waals surface area contributed by atoms with Gasteiger partial charge < -0.3 is 10.6 Å². The van der Waals surface area contributed by atoms with E-state index in [2.05, 4.69) is 10.6 Å². The molecule has 1 amide bonds. The number of carbonyl (C=O) groups excluding carboxylic acids is 1. The maximum Gasteiger partial charge on any atom is 0.223 e. The first-order valence-corrected chi connectivity index (χ1v) is 10.8. The van der Waals surface area contributed by atoms with Crippen LogP contribution in [0, 0.1) is 5.92 Å². The molecule has 1 saturated carbocycles. The van der Waals surface area contributed by atoms with E-state index in [0.29, 0.717) is 38.5 Å². The Hall–Kier alpha value is -0.370. The highest BCUT2D eigenvalue weighted by Crippen LogP contribution is 2.19. The lowest BCUT2D eigenvalue weighted by Gasteiger charge is -2.29. The molecule has 0 aromatic carbocycles. The molecule has 8 heteroatoms. The monoisotopic (exact) mass is 381 g/mol. The Labute approximate surface area is 152 Å². The quantitative estimate of drug-likeness (QED) is 0.540. The molecular weight excluding hydrogens is 350 g/mol. The number of nitrogens with zero attached hydrogens (tertiary/aromatic N) is 1. The molecular formula is C16H32ClN3O3S. The standard InChI is InChI=1S/C16H31N3O3S.ClH/c1-23(21,22)19-12-8-14(9-13-19)16(20)18-11-10-17-15-6-4-2-3-5-7-15;/h14-15,17H,2-13H2,1H3,(H,18,20);1H. The van der Waals surface area contributed by atoms with Gasteiger partial charge in [-0.15, -0.1) is 12.4 Å². The highest BCUT2D eigenvalue weighted by Gasteiger charge is 2.28. The molecule has 1 heterocycles. The molecule has 6 nitrogen and oxygen atoms in total. The van der Waals surface area contributed by atoms with Crippen molar-refractivity contribution >= 4 is 28.3 Å². The Morgan fingerprint density at radius 2 is 1.58 bits per heavy atom. The van der Waals surface area contributed by atoms with Crippen molar-refractivity contribution < 1.29 is 13.2 Å². The van der Waals surface area contributed by atoms with Crippen molar-refractivity contribution in [3.8, 4) is 0 Å². The maximum absolute atomic E-state index is 12.2. The summed E-state index contributed by atoms with van der Waals surface area (Å²) in [6.07, 6.45) is 10.3. The minimum atomic E-state index is -3.12. The van der Waals surface area contributed by atoms with Gasteiger partial charge in [0, 0.05) is 38.1 Å². The number of rotatable bonds is 6. The number of hydrogen-bond acceptors (Lipinski definition) is 4. The lowest BCUT2D eigenvalue weighted by atomic mass is 9.97. The van der Waals surface area contributed by atoms with Crippen LogP contribution in [0.15, 0.2) is 0 Å². The van der Waals surface area contributed by atoms with Gasteiger partial charge in [-0.1, -0.05) is 25.7 Å². The summed E-state index contributed by atoms with van der Waals surface area (Å²) in [5, 5.41) is 6.54. The third-order valence-corrected chi connectivity index (χ3v) is 6.31. The van der Waals surface area contributed by atoms with Crippen LogP contribution < -0.4 is 10.6 Å². The first kappa shape index (κ1) is 21.7. The molecule has 2 N–H and O–H groups in total. The van der Waals surface area contributed by atoms with E-state index in [9.17, 15) is 13.2 Å². The Balaban J connectivity index is 0.00000288. The minimum absolute atomic E-state index is 0. The van der Waals surface area contributed by atoms with E-state index in [1.165, 1.54) is 49.1 Å². The number of piperidine rings is 1. The summed E-state index contributed by atoms with van der Waals surface area (Å²) in [6, 6.07) is 0.604. The molecule has 142 valence electrons. The van der Waals surface area contributed by atoms with Gasteiger partial charge in [0.1, 0.15) is 0 Å². The predicted molar refractivity (Wildman–Crippen MR) is 98.9 cm³/mol. The first-order valence-electron chi connectivity index (χ1n) is 8.93. The predicted octanol–water partition coefficient (Wildman–Crippen LogP) is 1.51. The molecule has 1 aliphatic heterocycles. The summed E-state index contributed by atoms with van der Waals surface area (Å²) < 4.78 is 24.4. The van der Waals surface area contributed by atoms with Crippen LogP contribution in [0.25, 0.3) is 0 Å². The van der Waals surface area contributed by atoms with Gasteiger partial charge in [0.05, 0.1) is 6.26 Å². The Morgan fingerprint density at radius 3 is 2.12 bits per heavy atom. The third kappa shape index (κ3) is 7.25. The fourth-order valence-corrected chi connectivity index (χ4v) is 4.41. The van der Waals surface area contributed by atoms with Crippen molar-refractivity contribution in [1.82, 2.24) is 14.9 Å². The van der Waals surface area contributed by atoms with Crippen molar-refractivity contribution in [2.24, 2.45) is 5.92 Å². The van der Waals surface area contributed by atoms with E-state index in [-0.39, 0.29) is 24.2 Å². The molecule has 1 saturated heterocycles. The SMILES string of the molecule is CS(=O)(=O)N1CCC(C(=O)NCCNC2CCCCCC2)CC1.Cl. The van der Waals surface area contributed by atoms with Gasteiger partial charge in [-0.25, -0.2) is 12.7 Å². The molecule has 0 aromatic heterocycles. The van der Waals surface area contributed by atoms with Crippen molar-refractivity contribution in [2.75, 3.05) is 32.4 Å². The summed E-state index contributed by atoms with van der Waals surface area (Å²) in [7, 11) is -3.12. The number of nitrogens with one attached hydrogen (secondary N) is 2. The van der Waals surface area contributed by atoms with Crippen molar-refractivity contribution in [3.63, 3.8) is 0 Å². The zero-order chi connectivity index (χ0) is 16.7. The number of sulfonamides is 1. The van der Waals surface area contributed by atoms with Crippen LogP contribution in [0.4, 0.5) is 0 Å². The lowest BCUT2D eigenvalue weighted by molar-refractivity contribution is -0.126. The zero-order valence-corrected chi connectivity index (χ0v) is 16.3. The van der Waals surface area contributed by atoms with Gasteiger partial charge in [-0.3, -0.25) is 4.79 Å². The molecule has 1 aliphatic carbocycles. The van der Waals surface area contributed by atoms with Gasteiger partial charge in [-0.05, 0) is 25.7 Å². The number of hydrogen-bond donors (Lipinski definition) is 2. The summed E-state index contributed by atoms with van der Waals surface area (Å²) in [5.41, 5.74) is 0. The Bertz CT molecular complexity index is 471.